The Morgan fingerprint density at radius 3 is 2.77 bits per heavy atom. The van der Waals surface area contributed by atoms with Crippen molar-refractivity contribution in [3.63, 3.8) is 0 Å². The summed E-state index contributed by atoms with van der Waals surface area (Å²) < 4.78 is 5.60. The lowest BCUT2D eigenvalue weighted by Crippen LogP contribution is -2.44. The predicted molar refractivity (Wildman–Crippen MR) is 85.7 cm³/mol. The van der Waals surface area contributed by atoms with Crippen molar-refractivity contribution in [3.8, 4) is 0 Å². The summed E-state index contributed by atoms with van der Waals surface area (Å²) in [5.74, 6) is 0.754. The van der Waals surface area contributed by atoms with E-state index in [2.05, 4.69) is 10.2 Å². The number of carbonyl (C=O) groups excluding carboxylic acids is 1. The van der Waals surface area contributed by atoms with Crippen molar-refractivity contribution in [2.24, 2.45) is 5.92 Å². The van der Waals surface area contributed by atoms with Crippen LogP contribution in [-0.4, -0.2) is 85.9 Å². The first-order valence-corrected chi connectivity index (χ1v) is 8.51. The minimum Gasteiger partial charge on any atom is -0.392 e. The van der Waals surface area contributed by atoms with E-state index in [9.17, 15) is 9.90 Å². The largest absolute Gasteiger partial charge is 0.392 e. The fourth-order valence-corrected chi connectivity index (χ4v) is 3.32. The standard InChI is InChI=1S/C16H31N3O3/c1-13(20)11-19-6-3-14(4-7-19)12-18(2)16(21)9-15-10-17-5-8-22-15/h13-15,17,20H,3-12H2,1-2H3. The monoisotopic (exact) mass is 313 g/mol. The SMILES string of the molecule is CC(O)CN1CCC(CN(C)C(=O)CC2CNCCO2)CC1. The molecule has 0 saturated carbocycles. The number of β-amino-alcohol motifs (C(OH)–C–C–N with tert-alkyl or cyclic N) is 1. The van der Waals surface area contributed by atoms with Gasteiger partial charge in [-0.3, -0.25) is 4.79 Å². The van der Waals surface area contributed by atoms with Gasteiger partial charge in [0.1, 0.15) is 0 Å². The van der Waals surface area contributed by atoms with E-state index in [4.69, 9.17) is 4.74 Å². The molecule has 2 unspecified atom stereocenters. The van der Waals surface area contributed by atoms with E-state index < -0.39 is 0 Å². The Hall–Kier alpha value is -0.690. The van der Waals surface area contributed by atoms with Crippen LogP contribution in [0.4, 0.5) is 0 Å². The number of piperidine rings is 1. The van der Waals surface area contributed by atoms with E-state index in [0.29, 0.717) is 18.9 Å². The van der Waals surface area contributed by atoms with Crippen molar-refractivity contribution in [1.29, 1.82) is 0 Å². The van der Waals surface area contributed by atoms with E-state index in [0.717, 1.165) is 52.1 Å². The Morgan fingerprint density at radius 2 is 2.18 bits per heavy atom. The van der Waals surface area contributed by atoms with Crippen LogP contribution in [0.2, 0.25) is 0 Å². The first kappa shape index (κ1) is 17.7. The molecule has 0 aromatic carbocycles. The molecule has 0 bridgehead atoms. The van der Waals surface area contributed by atoms with Crippen LogP contribution in [0.5, 0.6) is 0 Å². The van der Waals surface area contributed by atoms with Crippen LogP contribution in [0, 0.1) is 5.92 Å². The lowest BCUT2D eigenvalue weighted by Gasteiger charge is -2.34. The summed E-state index contributed by atoms with van der Waals surface area (Å²) in [6, 6.07) is 0. The van der Waals surface area contributed by atoms with Gasteiger partial charge in [-0.25, -0.2) is 0 Å². The molecule has 2 aliphatic rings. The number of hydrogen-bond donors (Lipinski definition) is 2. The van der Waals surface area contributed by atoms with Crippen LogP contribution < -0.4 is 5.32 Å². The van der Waals surface area contributed by atoms with Crippen LogP contribution in [0.3, 0.4) is 0 Å². The maximum Gasteiger partial charge on any atom is 0.224 e. The molecule has 0 spiro atoms. The number of likely N-dealkylation sites (tertiary alicyclic amines) is 1. The molecule has 2 atom stereocenters. The second-order valence-corrected chi connectivity index (χ2v) is 6.77. The third-order valence-corrected chi connectivity index (χ3v) is 4.59. The molecular weight excluding hydrogens is 282 g/mol. The maximum atomic E-state index is 12.3. The number of carbonyl (C=O) groups is 1. The van der Waals surface area contributed by atoms with Gasteiger partial charge in [-0.2, -0.15) is 0 Å². The zero-order valence-electron chi connectivity index (χ0n) is 14.0. The third-order valence-electron chi connectivity index (χ3n) is 4.59. The predicted octanol–water partition coefficient (Wildman–Crippen LogP) is -0.0839. The topological polar surface area (TPSA) is 65.0 Å². The van der Waals surface area contributed by atoms with Crippen molar-refractivity contribution in [1.82, 2.24) is 15.1 Å². The molecule has 2 N–H and O–H groups in total. The van der Waals surface area contributed by atoms with Crippen LogP contribution in [0.15, 0.2) is 0 Å². The molecule has 1 amide bonds. The normalized spacial score (nSPS) is 25.9. The third kappa shape index (κ3) is 5.83. The molecule has 6 heteroatoms. The van der Waals surface area contributed by atoms with Gasteiger partial charge >= 0.3 is 0 Å². The van der Waals surface area contributed by atoms with Crippen molar-refractivity contribution < 1.29 is 14.6 Å². The molecule has 0 radical (unpaired) electrons. The van der Waals surface area contributed by atoms with Crippen molar-refractivity contribution >= 4 is 5.91 Å². The summed E-state index contributed by atoms with van der Waals surface area (Å²) in [4.78, 5) is 16.4. The number of nitrogens with one attached hydrogen (secondary N) is 1. The summed E-state index contributed by atoms with van der Waals surface area (Å²) in [5, 5.41) is 12.7. The molecule has 6 nitrogen and oxygen atoms in total. The molecule has 0 aliphatic carbocycles. The van der Waals surface area contributed by atoms with Crippen molar-refractivity contribution in [2.75, 3.05) is 52.9 Å². The Labute approximate surface area is 133 Å². The van der Waals surface area contributed by atoms with Gasteiger partial charge in [0.15, 0.2) is 0 Å². The van der Waals surface area contributed by atoms with Gasteiger partial charge in [0.2, 0.25) is 5.91 Å². The molecular formula is C16H31N3O3. The summed E-state index contributed by atoms with van der Waals surface area (Å²) in [5.41, 5.74) is 0. The maximum absolute atomic E-state index is 12.3. The Balaban J connectivity index is 1.66. The quantitative estimate of drug-likeness (QED) is 0.718. The minimum absolute atomic E-state index is 0.0246. The lowest BCUT2D eigenvalue weighted by molar-refractivity contribution is -0.134. The summed E-state index contributed by atoms with van der Waals surface area (Å²) in [6.45, 7) is 7.82. The zero-order valence-corrected chi connectivity index (χ0v) is 14.0. The number of aliphatic hydroxyl groups is 1. The van der Waals surface area contributed by atoms with Gasteiger partial charge in [0.05, 0.1) is 25.2 Å². The zero-order chi connectivity index (χ0) is 15.9. The number of amides is 1. The molecule has 2 rings (SSSR count). The van der Waals surface area contributed by atoms with Gasteiger partial charge in [0.25, 0.3) is 0 Å². The highest BCUT2D eigenvalue weighted by Crippen LogP contribution is 2.18. The molecule has 2 saturated heterocycles. The minimum atomic E-state index is -0.259. The van der Waals surface area contributed by atoms with E-state index in [-0.39, 0.29) is 18.1 Å². The Bertz CT molecular complexity index is 338. The molecule has 2 fully saturated rings. The molecule has 0 aromatic heterocycles. The highest BCUT2D eigenvalue weighted by molar-refractivity contribution is 5.76. The van der Waals surface area contributed by atoms with E-state index in [1.165, 1.54) is 0 Å². The number of hydrogen-bond acceptors (Lipinski definition) is 5. The van der Waals surface area contributed by atoms with Gasteiger partial charge < -0.3 is 25.0 Å². The number of ether oxygens (including phenoxy) is 1. The first-order valence-electron chi connectivity index (χ1n) is 8.51. The summed E-state index contributed by atoms with van der Waals surface area (Å²) >= 11 is 0. The van der Waals surface area contributed by atoms with Crippen LogP contribution in [0.1, 0.15) is 26.2 Å². The molecule has 128 valence electrons. The molecule has 22 heavy (non-hydrogen) atoms. The number of aliphatic hydroxyl groups excluding tert-OH is 1. The smallest absolute Gasteiger partial charge is 0.224 e. The van der Waals surface area contributed by atoms with Crippen molar-refractivity contribution in [3.05, 3.63) is 0 Å². The van der Waals surface area contributed by atoms with E-state index in [1.807, 2.05) is 18.9 Å². The second kappa shape index (κ2) is 8.82. The summed E-state index contributed by atoms with van der Waals surface area (Å²) in [6.07, 6.45) is 2.45. The fourth-order valence-electron chi connectivity index (χ4n) is 3.32. The summed E-state index contributed by atoms with van der Waals surface area (Å²) in [7, 11) is 1.90. The molecule has 2 aliphatic heterocycles. The highest BCUT2D eigenvalue weighted by Gasteiger charge is 2.24. The van der Waals surface area contributed by atoms with E-state index in [1.54, 1.807) is 0 Å². The van der Waals surface area contributed by atoms with Gasteiger partial charge in [-0.05, 0) is 38.8 Å². The lowest BCUT2D eigenvalue weighted by atomic mass is 9.96. The van der Waals surface area contributed by atoms with Gasteiger partial charge in [0, 0.05) is 33.2 Å². The van der Waals surface area contributed by atoms with Crippen LogP contribution >= 0.6 is 0 Å². The highest BCUT2D eigenvalue weighted by atomic mass is 16.5. The molecule has 2 heterocycles. The fraction of sp³-hybridized carbons (Fsp3) is 0.938. The van der Waals surface area contributed by atoms with Gasteiger partial charge in [-0.15, -0.1) is 0 Å². The second-order valence-electron chi connectivity index (χ2n) is 6.77. The number of nitrogens with zero attached hydrogens (tertiary/aromatic N) is 2. The van der Waals surface area contributed by atoms with Crippen LogP contribution in [0.25, 0.3) is 0 Å². The average molecular weight is 313 g/mol. The first-order chi connectivity index (χ1) is 10.5. The number of morpholine rings is 1. The average Bonchev–Trinajstić information content (AvgIpc) is 2.49. The van der Waals surface area contributed by atoms with E-state index >= 15 is 0 Å². The van der Waals surface area contributed by atoms with Gasteiger partial charge in [-0.1, -0.05) is 0 Å². The number of rotatable bonds is 6. The molecule has 0 aromatic rings. The Kier molecular flexibility index (Phi) is 7.08. The Morgan fingerprint density at radius 1 is 1.45 bits per heavy atom. The van der Waals surface area contributed by atoms with Crippen molar-refractivity contribution in [2.45, 2.75) is 38.4 Å². The van der Waals surface area contributed by atoms with Crippen LogP contribution in [-0.2, 0) is 9.53 Å².